The highest BCUT2D eigenvalue weighted by atomic mass is 16.5. The highest BCUT2D eigenvalue weighted by molar-refractivity contribution is 5.48. The van der Waals surface area contributed by atoms with Gasteiger partial charge in [0.25, 0.3) is 0 Å². The number of phenols is 1. The van der Waals surface area contributed by atoms with Gasteiger partial charge < -0.3 is 19.3 Å². The molecule has 1 atom stereocenters. The van der Waals surface area contributed by atoms with Crippen LogP contribution in [-0.4, -0.2) is 37.9 Å². The van der Waals surface area contributed by atoms with Crippen LogP contribution in [-0.2, 0) is 17.8 Å². The smallest absolute Gasteiger partial charge is 0.160 e. The molecule has 1 unspecified atom stereocenters. The Hall–Kier alpha value is -2.24. The van der Waals surface area contributed by atoms with Crippen LogP contribution < -0.4 is 9.47 Å². The average Bonchev–Trinajstić information content (AvgIpc) is 2.61. The number of fused-ring (bicyclic) bond motifs is 1. The van der Waals surface area contributed by atoms with E-state index in [0.29, 0.717) is 5.75 Å². The molecule has 128 valence electrons. The number of aromatic hydroxyl groups is 1. The van der Waals surface area contributed by atoms with Crippen LogP contribution in [0, 0.1) is 0 Å². The van der Waals surface area contributed by atoms with Crippen molar-refractivity contribution in [3.05, 3.63) is 53.1 Å². The van der Waals surface area contributed by atoms with E-state index in [2.05, 4.69) is 11.0 Å². The lowest BCUT2D eigenvalue weighted by Gasteiger charge is -2.34. The first-order valence-corrected chi connectivity index (χ1v) is 7.93. The molecule has 5 heteroatoms. The van der Waals surface area contributed by atoms with Gasteiger partial charge in [-0.25, -0.2) is 0 Å². The van der Waals surface area contributed by atoms with E-state index >= 15 is 0 Å². The molecule has 1 aliphatic heterocycles. The van der Waals surface area contributed by atoms with Gasteiger partial charge in [0.05, 0.1) is 20.3 Å². The summed E-state index contributed by atoms with van der Waals surface area (Å²) in [4.78, 5) is 2.31. The zero-order valence-electron chi connectivity index (χ0n) is 14.3. The van der Waals surface area contributed by atoms with Crippen molar-refractivity contribution < 1.29 is 19.3 Å². The summed E-state index contributed by atoms with van der Waals surface area (Å²) in [5, 5.41) is 10.0. The molecule has 0 aromatic heterocycles. The van der Waals surface area contributed by atoms with Crippen molar-refractivity contribution in [1.82, 2.24) is 4.90 Å². The van der Waals surface area contributed by atoms with Gasteiger partial charge in [0.15, 0.2) is 11.5 Å². The Labute approximate surface area is 142 Å². The molecule has 0 fully saturated rings. The fourth-order valence-corrected chi connectivity index (χ4v) is 3.26. The Morgan fingerprint density at radius 3 is 2.54 bits per heavy atom. The zero-order chi connectivity index (χ0) is 17.1. The molecular weight excluding hydrogens is 306 g/mol. The largest absolute Gasteiger partial charge is 0.504 e. The third-order valence-electron chi connectivity index (χ3n) is 4.48. The maximum Gasteiger partial charge on any atom is 0.160 e. The minimum Gasteiger partial charge on any atom is -0.504 e. The maximum absolute atomic E-state index is 10.0. The van der Waals surface area contributed by atoms with Gasteiger partial charge in [0.1, 0.15) is 5.75 Å². The van der Waals surface area contributed by atoms with Crippen LogP contribution >= 0.6 is 0 Å². The van der Waals surface area contributed by atoms with E-state index in [1.54, 1.807) is 27.4 Å². The average molecular weight is 329 g/mol. The van der Waals surface area contributed by atoms with Crippen LogP contribution in [0.3, 0.4) is 0 Å². The van der Waals surface area contributed by atoms with E-state index in [1.165, 1.54) is 0 Å². The van der Waals surface area contributed by atoms with Gasteiger partial charge in [-0.3, -0.25) is 4.90 Å². The first-order valence-electron chi connectivity index (χ1n) is 7.93. The van der Waals surface area contributed by atoms with Gasteiger partial charge in [-0.2, -0.15) is 0 Å². The molecule has 0 amide bonds. The van der Waals surface area contributed by atoms with Gasteiger partial charge in [0, 0.05) is 32.3 Å². The summed E-state index contributed by atoms with van der Waals surface area (Å²) in [5.41, 5.74) is 3.27. The number of phenolic OH excluding ortho intramolecular Hbond substituents is 1. The van der Waals surface area contributed by atoms with Gasteiger partial charge in [0.2, 0.25) is 0 Å². The van der Waals surface area contributed by atoms with Gasteiger partial charge in [-0.15, -0.1) is 0 Å². The molecular formula is C19H23NO4. The Balaban J connectivity index is 1.88. The normalized spacial score (nSPS) is 17.4. The zero-order valence-corrected chi connectivity index (χ0v) is 14.3. The van der Waals surface area contributed by atoms with E-state index in [0.717, 1.165) is 42.1 Å². The molecule has 24 heavy (non-hydrogen) atoms. The number of para-hydroxylation sites is 1. The van der Waals surface area contributed by atoms with E-state index < -0.39 is 0 Å². The number of hydrogen-bond donors (Lipinski definition) is 1. The summed E-state index contributed by atoms with van der Waals surface area (Å²) < 4.78 is 16.3. The van der Waals surface area contributed by atoms with Crippen molar-refractivity contribution in [3.63, 3.8) is 0 Å². The third-order valence-corrected chi connectivity index (χ3v) is 4.48. The lowest BCUT2D eigenvalue weighted by atomic mass is 9.96. The summed E-state index contributed by atoms with van der Waals surface area (Å²) in [5.74, 6) is 1.53. The number of rotatable bonds is 5. The Bertz CT molecular complexity index is 717. The fourth-order valence-electron chi connectivity index (χ4n) is 3.26. The van der Waals surface area contributed by atoms with Gasteiger partial charge >= 0.3 is 0 Å². The summed E-state index contributed by atoms with van der Waals surface area (Å²) in [6, 6.07) is 11.7. The molecule has 2 aromatic carbocycles. The minimum atomic E-state index is -0.0831. The molecule has 0 bridgehead atoms. The van der Waals surface area contributed by atoms with Crippen LogP contribution in [0.15, 0.2) is 36.4 Å². The second-order valence-corrected chi connectivity index (χ2v) is 5.93. The van der Waals surface area contributed by atoms with Crippen molar-refractivity contribution in [2.75, 3.05) is 27.9 Å². The quantitative estimate of drug-likeness (QED) is 0.913. The number of ether oxygens (including phenoxy) is 3. The summed E-state index contributed by atoms with van der Waals surface area (Å²) in [6.07, 6.45) is -0.0831. The monoisotopic (exact) mass is 329 g/mol. The highest BCUT2D eigenvalue weighted by Crippen LogP contribution is 2.37. The van der Waals surface area contributed by atoms with Crippen molar-refractivity contribution in [2.24, 2.45) is 0 Å². The minimum absolute atomic E-state index is 0.0831. The summed E-state index contributed by atoms with van der Waals surface area (Å²) in [7, 11) is 4.95. The SMILES string of the molecule is COc1cc2c(cc1O)C(OC)CN(Cc1ccccc1OC)C2. The van der Waals surface area contributed by atoms with Crippen molar-refractivity contribution in [1.29, 1.82) is 0 Å². The number of nitrogens with zero attached hydrogens (tertiary/aromatic N) is 1. The highest BCUT2D eigenvalue weighted by Gasteiger charge is 2.27. The molecule has 1 aliphatic rings. The van der Waals surface area contributed by atoms with Gasteiger partial charge in [-0.05, 0) is 29.3 Å². The molecule has 0 spiro atoms. The molecule has 3 rings (SSSR count). The Morgan fingerprint density at radius 2 is 1.83 bits per heavy atom. The van der Waals surface area contributed by atoms with Crippen LogP contribution in [0.1, 0.15) is 22.8 Å². The molecule has 5 nitrogen and oxygen atoms in total. The van der Waals surface area contributed by atoms with Crippen LogP contribution in [0.4, 0.5) is 0 Å². The predicted molar refractivity (Wildman–Crippen MR) is 91.5 cm³/mol. The number of methoxy groups -OCH3 is 3. The lowest BCUT2D eigenvalue weighted by Crippen LogP contribution is -2.34. The van der Waals surface area contributed by atoms with Crippen molar-refractivity contribution in [3.8, 4) is 17.2 Å². The number of hydrogen-bond acceptors (Lipinski definition) is 5. The fraction of sp³-hybridized carbons (Fsp3) is 0.368. The second kappa shape index (κ2) is 7.11. The van der Waals surface area contributed by atoms with Crippen LogP contribution in [0.2, 0.25) is 0 Å². The van der Waals surface area contributed by atoms with Crippen LogP contribution in [0.5, 0.6) is 17.2 Å². The number of benzene rings is 2. The molecule has 0 saturated heterocycles. The topological polar surface area (TPSA) is 51.2 Å². The van der Waals surface area contributed by atoms with Crippen LogP contribution in [0.25, 0.3) is 0 Å². The molecule has 2 aromatic rings. The van der Waals surface area contributed by atoms with E-state index in [-0.39, 0.29) is 11.9 Å². The van der Waals surface area contributed by atoms with Gasteiger partial charge in [-0.1, -0.05) is 18.2 Å². The Morgan fingerprint density at radius 1 is 1.08 bits per heavy atom. The Kier molecular flexibility index (Phi) is 4.92. The molecule has 0 saturated carbocycles. The van der Waals surface area contributed by atoms with Crippen molar-refractivity contribution >= 4 is 0 Å². The summed E-state index contributed by atoms with van der Waals surface area (Å²) >= 11 is 0. The standard InChI is InChI=1S/C19H23NO4/c1-22-17-7-5-4-6-13(17)10-20-11-14-8-18(23-2)16(21)9-15(14)19(12-20)24-3/h4-9,19,21H,10-12H2,1-3H3. The second-order valence-electron chi connectivity index (χ2n) is 5.93. The molecule has 0 aliphatic carbocycles. The molecule has 1 heterocycles. The maximum atomic E-state index is 10.0. The first-order chi connectivity index (χ1) is 11.7. The van der Waals surface area contributed by atoms with E-state index in [9.17, 15) is 5.11 Å². The lowest BCUT2D eigenvalue weighted by molar-refractivity contribution is 0.0446. The predicted octanol–water partition coefficient (Wildman–Crippen LogP) is 3.11. The molecule has 1 N–H and O–H groups in total. The first kappa shape index (κ1) is 16.6. The van der Waals surface area contributed by atoms with E-state index in [4.69, 9.17) is 14.2 Å². The van der Waals surface area contributed by atoms with E-state index in [1.807, 2.05) is 24.3 Å². The molecule has 0 radical (unpaired) electrons. The third kappa shape index (κ3) is 3.18. The van der Waals surface area contributed by atoms with Crippen molar-refractivity contribution in [2.45, 2.75) is 19.2 Å². The summed E-state index contributed by atoms with van der Waals surface area (Å²) in [6.45, 7) is 2.30.